The Labute approximate surface area is 106 Å². The molecule has 0 aromatic carbocycles. The summed E-state index contributed by atoms with van der Waals surface area (Å²) in [7, 11) is 1.77. The normalized spacial score (nSPS) is 22.9. The quantitative estimate of drug-likeness (QED) is 0.759. The van der Waals surface area contributed by atoms with E-state index in [1.807, 2.05) is 0 Å². The highest BCUT2D eigenvalue weighted by atomic mass is 16.5. The van der Waals surface area contributed by atoms with Crippen molar-refractivity contribution in [1.82, 2.24) is 10.2 Å². The molecule has 0 aromatic rings. The number of rotatable bonds is 6. The smallest absolute Gasteiger partial charge is 0.0645 e. The molecule has 4 nitrogen and oxygen atoms in total. The molecule has 0 spiro atoms. The molecule has 1 N–H and O–H groups in total. The van der Waals surface area contributed by atoms with E-state index in [-0.39, 0.29) is 5.54 Å². The largest absolute Gasteiger partial charge is 0.383 e. The maximum absolute atomic E-state index is 5.57. The molecule has 1 fully saturated rings. The maximum Gasteiger partial charge on any atom is 0.0645 e. The molecule has 1 unspecified atom stereocenters. The van der Waals surface area contributed by atoms with E-state index >= 15 is 0 Å². The van der Waals surface area contributed by atoms with Crippen LogP contribution in [0.5, 0.6) is 0 Å². The van der Waals surface area contributed by atoms with Gasteiger partial charge in [0.25, 0.3) is 0 Å². The fraction of sp³-hybridized carbons (Fsp3) is 1.00. The Hall–Kier alpha value is -0.160. The first-order valence-electron chi connectivity index (χ1n) is 6.54. The molecule has 4 heteroatoms. The number of methoxy groups -OCH3 is 1. The van der Waals surface area contributed by atoms with Crippen molar-refractivity contribution >= 4 is 0 Å². The summed E-state index contributed by atoms with van der Waals surface area (Å²) in [6.45, 7) is 13.2. The lowest BCUT2D eigenvalue weighted by Crippen LogP contribution is -2.60. The fourth-order valence-corrected chi connectivity index (χ4v) is 2.37. The van der Waals surface area contributed by atoms with Crippen LogP contribution in [0.1, 0.15) is 27.7 Å². The summed E-state index contributed by atoms with van der Waals surface area (Å²) >= 11 is 0. The zero-order chi connectivity index (χ0) is 12.9. The van der Waals surface area contributed by atoms with Crippen LogP contribution in [0.25, 0.3) is 0 Å². The average molecular weight is 244 g/mol. The molecule has 0 saturated carbocycles. The summed E-state index contributed by atoms with van der Waals surface area (Å²) in [5.41, 5.74) is 0.0973. The third-order valence-corrected chi connectivity index (χ3v) is 3.27. The van der Waals surface area contributed by atoms with Crippen molar-refractivity contribution in [3.8, 4) is 0 Å². The van der Waals surface area contributed by atoms with Gasteiger partial charge in [0.15, 0.2) is 0 Å². The number of nitrogens with one attached hydrogen (secondary N) is 1. The highest BCUT2D eigenvalue weighted by Crippen LogP contribution is 2.21. The monoisotopic (exact) mass is 244 g/mol. The number of hydrogen-bond acceptors (Lipinski definition) is 4. The van der Waals surface area contributed by atoms with Crippen molar-refractivity contribution in [3.05, 3.63) is 0 Å². The van der Waals surface area contributed by atoms with Crippen molar-refractivity contribution in [2.75, 3.05) is 40.0 Å². The molecule has 1 saturated heterocycles. The number of ether oxygens (including phenoxy) is 2. The van der Waals surface area contributed by atoms with Crippen molar-refractivity contribution in [2.45, 2.75) is 45.3 Å². The van der Waals surface area contributed by atoms with Gasteiger partial charge in [0, 0.05) is 37.8 Å². The number of morpholine rings is 1. The molecule has 1 aliphatic heterocycles. The number of hydrogen-bond donors (Lipinski definition) is 1. The predicted octanol–water partition coefficient (Wildman–Crippen LogP) is 1.11. The lowest BCUT2D eigenvalue weighted by Gasteiger charge is -2.46. The molecular weight excluding hydrogens is 216 g/mol. The first-order chi connectivity index (χ1) is 7.97. The first kappa shape index (κ1) is 14.9. The standard InChI is InChI=1S/C13H28N2O2/c1-11(2)14-8-12(9-16-5)15-6-7-17-10-13(15,3)4/h11-12,14H,6-10H2,1-5H3. The van der Waals surface area contributed by atoms with Crippen LogP contribution >= 0.6 is 0 Å². The third kappa shape index (κ3) is 4.54. The van der Waals surface area contributed by atoms with Gasteiger partial charge in [-0.05, 0) is 13.8 Å². The van der Waals surface area contributed by atoms with Crippen molar-refractivity contribution in [3.63, 3.8) is 0 Å². The fourth-order valence-electron chi connectivity index (χ4n) is 2.37. The van der Waals surface area contributed by atoms with Crippen LogP contribution in [-0.2, 0) is 9.47 Å². The molecule has 0 bridgehead atoms. The van der Waals surface area contributed by atoms with Crippen molar-refractivity contribution in [2.24, 2.45) is 0 Å². The number of nitrogens with zero attached hydrogens (tertiary/aromatic N) is 1. The van der Waals surface area contributed by atoms with E-state index in [9.17, 15) is 0 Å². The van der Waals surface area contributed by atoms with E-state index in [2.05, 4.69) is 37.9 Å². The van der Waals surface area contributed by atoms with E-state index < -0.39 is 0 Å². The van der Waals surface area contributed by atoms with Crippen LogP contribution in [-0.4, -0.2) is 62.5 Å². The zero-order valence-electron chi connectivity index (χ0n) is 12.0. The van der Waals surface area contributed by atoms with E-state index in [4.69, 9.17) is 9.47 Å². The molecule has 1 aliphatic rings. The maximum atomic E-state index is 5.57. The molecule has 0 aliphatic carbocycles. The van der Waals surface area contributed by atoms with Gasteiger partial charge in [0.1, 0.15) is 0 Å². The van der Waals surface area contributed by atoms with Crippen LogP contribution < -0.4 is 5.32 Å². The minimum absolute atomic E-state index is 0.0973. The summed E-state index contributed by atoms with van der Waals surface area (Å²) < 4.78 is 10.9. The van der Waals surface area contributed by atoms with E-state index in [0.29, 0.717) is 12.1 Å². The molecule has 102 valence electrons. The second-order valence-electron chi connectivity index (χ2n) is 5.73. The lowest BCUT2D eigenvalue weighted by atomic mass is 9.99. The van der Waals surface area contributed by atoms with Gasteiger partial charge >= 0.3 is 0 Å². The highest BCUT2D eigenvalue weighted by Gasteiger charge is 2.35. The van der Waals surface area contributed by atoms with Gasteiger partial charge in [0.05, 0.1) is 19.8 Å². The predicted molar refractivity (Wildman–Crippen MR) is 70.4 cm³/mol. The van der Waals surface area contributed by atoms with Crippen LogP contribution in [0.3, 0.4) is 0 Å². The van der Waals surface area contributed by atoms with Crippen molar-refractivity contribution < 1.29 is 9.47 Å². The molecule has 0 amide bonds. The van der Waals surface area contributed by atoms with Crippen LogP contribution in [0.4, 0.5) is 0 Å². The van der Waals surface area contributed by atoms with Crippen LogP contribution in [0, 0.1) is 0 Å². The van der Waals surface area contributed by atoms with Crippen LogP contribution in [0.2, 0.25) is 0 Å². The first-order valence-corrected chi connectivity index (χ1v) is 6.54. The third-order valence-electron chi connectivity index (χ3n) is 3.27. The molecule has 1 heterocycles. The summed E-state index contributed by atoms with van der Waals surface area (Å²) in [5.74, 6) is 0. The van der Waals surface area contributed by atoms with Gasteiger partial charge in [-0.25, -0.2) is 0 Å². The Bertz CT molecular complexity index is 219. The summed E-state index contributed by atoms with van der Waals surface area (Å²) in [4.78, 5) is 2.51. The minimum Gasteiger partial charge on any atom is -0.383 e. The van der Waals surface area contributed by atoms with Gasteiger partial charge in [-0.3, -0.25) is 4.90 Å². The summed E-state index contributed by atoms with van der Waals surface area (Å²) in [5, 5.41) is 3.50. The molecular formula is C13H28N2O2. The van der Waals surface area contributed by atoms with Gasteiger partial charge < -0.3 is 14.8 Å². The van der Waals surface area contributed by atoms with E-state index in [1.165, 1.54) is 0 Å². The molecule has 1 rings (SSSR count). The van der Waals surface area contributed by atoms with Crippen LogP contribution in [0.15, 0.2) is 0 Å². The SMILES string of the molecule is COCC(CNC(C)C)N1CCOCC1(C)C. The zero-order valence-corrected chi connectivity index (χ0v) is 12.0. The van der Waals surface area contributed by atoms with Crippen molar-refractivity contribution in [1.29, 1.82) is 0 Å². The molecule has 1 atom stereocenters. The van der Waals surface area contributed by atoms with Gasteiger partial charge in [-0.1, -0.05) is 13.8 Å². The highest BCUT2D eigenvalue weighted by molar-refractivity contribution is 4.90. The Morgan fingerprint density at radius 3 is 2.65 bits per heavy atom. The molecule has 17 heavy (non-hydrogen) atoms. The van der Waals surface area contributed by atoms with Gasteiger partial charge in [-0.15, -0.1) is 0 Å². The lowest BCUT2D eigenvalue weighted by molar-refractivity contribution is -0.0833. The van der Waals surface area contributed by atoms with E-state index in [0.717, 1.165) is 32.9 Å². The second kappa shape index (κ2) is 6.69. The van der Waals surface area contributed by atoms with E-state index in [1.54, 1.807) is 7.11 Å². The molecule has 0 radical (unpaired) electrons. The molecule has 0 aromatic heterocycles. The summed E-state index contributed by atoms with van der Waals surface area (Å²) in [6, 6.07) is 0.930. The Morgan fingerprint density at radius 2 is 2.12 bits per heavy atom. The van der Waals surface area contributed by atoms with Gasteiger partial charge in [-0.2, -0.15) is 0 Å². The average Bonchev–Trinajstić information content (AvgIpc) is 2.24. The topological polar surface area (TPSA) is 33.7 Å². The van der Waals surface area contributed by atoms with Gasteiger partial charge in [0.2, 0.25) is 0 Å². The minimum atomic E-state index is 0.0973. The Morgan fingerprint density at radius 1 is 1.41 bits per heavy atom. The Kier molecular flexibility index (Phi) is 5.86. The Balaban J connectivity index is 2.60. The summed E-state index contributed by atoms with van der Waals surface area (Å²) in [6.07, 6.45) is 0. The second-order valence-corrected chi connectivity index (χ2v) is 5.73.